The molecule has 0 N–H and O–H groups in total. The van der Waals surface area contributed by atoms with Crippen LogP contribution in [-0.4, -0.2) is 42.2 Å². The van der Waals surface area contributed by atoms with E-state index in [4.69, 9.17) is 14.5 Å². The molecule has 0 aliphatic carbocycles. The molecule has 3 aromatic rings. The summed E-state index contributed by atoms with van der Waals surface area (Å²) in [6.07, 6.45) is 4.76. The predicted molar refractivity (Wildman–Crippen MR) is 124 cm³/mol. The Morgan fingerprint density at radius 2 is 1.94 bits per heavy atom. The molecule has 33 heavy (non-hydrogen) atoms. The third kappa shape index (κ3) is 5.30. The van der Waals surface area contributed by atoms with Gasteiger partial charge in [0.15, 0.2) is 11.6 Å². The lowest BCUT2D eigenvalue weighted by atomic mass is 10.0. The number of hydrogen-bond acceptors (Lipinski definition) is 6. The van der Waals surface area contributed by atoms with Crippen LogP contribution in [0.2, 0.25) is 0 Å². The third-order valence-corrected chi connectivity index (χ3v) is 6.05. The normalized spacial score (nSPS) is 15.5. The van der Waals surface area contributed by atoms with Gasteiger partial charge >= 0.3 is 5.97 Å². The number of rotatable bonds is 8. The van der Waals surface area contributed by atoms with Crippen LogP contribution in [0.3, 0.4) is 0 Å². The van der Waals surface area contributed by atoms with Crippen LogP contribution in [0.25, 0.3) is 0 Å². The van der Waals surface area contributed by atoms with Crippen LogP contribution in [0.15, 0.2) is 54.7 Å². The van der Waals surface area contributed by atoms with Crippen molar-refractivity contribution in [1.29, 1.82) is 0 Å². The van der Waals surface area contributed by atoms with Gasteiger partial charge in [0, 0.05) is 12.7 Å². The molecule has 0 amide bonds. The molecule has 4 rings (SSSR count). The Morgan fingerprint density at radius 1 is 1.15 bits per heavy atom. The first kappa shape index (κ1) is 22.7. The van der Waals surface area contributed by atoms with E-state index < -0.39 is 5.97 Å². The molecule has 1 atom stereocenters. The molecular formula is C26H28FN3O3. The van der Waals surface area contributed by atoms with Gasteiger partial charge in [0.2, 0.25) is 5.95 Å². The van der Waals surface area contributed by atoms with Crippen LogP contribution in [0.4, 0.5) is 10.3 Å². The second-order valence-corrected chi connectivity index (χ2v) is 8.18. The molecule has 1 aliphatic heterocycles. The van der Waals surface area contributed by atoms with Gasteiger partial charge in [-0.3, -0.25) is 0 Å². The van der Waals surface area contributed by atoms with Crippen LogP contribution >= 0.6 is 0 Å². The third-order valence-electron chi connectivity index (χ3n) is 6.05. The molecule has 1 saturated heterocycles. The SMILES string of the molecule is COC(=O)c1cnc(N2CCC[C@H]2COc2ccccc2F)nc1CCc1ccccc1C. The van der Waals surface area contributed by atoms with Crippen molar-refractivity contribution in [1.82, 2.24) is 9.97 Å². The number of benzene rings is 2. The minimum atomic E-state index is -0.442. The average Bonchev–Trinajstić information content (AvgIpc) is 3.31. The van der Waals surface area contributed by atoms with E-state index in [9.17, 15) is 9.18 Å². The van der Waals surface area contributed by atoms with Crippen molar-refractivity contribution in [2.45, 2.75) is 38.6 Å². The van der Waals surface area contributed by atoms with Crippen molar-refractivity contribution in [3.8, 4) is 5.75 Å². The van der Waals surface area contributed by atoms with Crippen LogP contribution in [0, 0.1) is 12.7 Å². The number of methoxy groups -OCH3 is 1. The van der Waals surface area contributed by atoms with Crippen molar-refractivity contribution in [2.24, 2.45) is 0 Å². The quantitative estimate of drug-likeness (QED) is 0.471. The predicted octanol–water partition coefficient (Wildman–Crippen LogP) is 4.54. The highest BCUT2D eigenvalue weighted by Crippen LogP contribution is 2.26. The summed E-state index contributed by atoms with van der Waals surface area (Å²) < 4.78 is 24.6. The molecule has 7 heteroatoms. The Hall–Kier alpha value is -3.48. The second kappa shape index (κ2) is 10.4. The number of hydrogen-bond donors (Lipinski definition) is 0. The van der Waals surface area contributed by atoms with Crippen molar-refractivity contribution in [2.75, 3.05) is 25.2 Å². The Labute approximate surface area is 193 Å². The fourth-order valence-corrected chi connectivity index (χ4v) is 4.18. The van der Waals surface area contributed by atoms with Crippen LogP contribution in [0.5, 0.6) is 5.75 Å². The van der Waals surface area contributed by atoms with Crippen molar-refractivity contribution in [3.05, 3.63) is 82.9 Å². The van der Waals surface area contributed by atoms with Crippen LogP contribution in [-0.2, 0) is 17.6 Å². The first-order valence-corrected chi connectivity index (χ1v) is 11.2. The largest absolute Gasteiger partial charge is 0.488 e. The first-order valence-electron chi connectivity index (χ1n) is 11.2. The van der Waals surface area contributed by atoms with E-state index in [1.54, 1.807) is 24.4 Å². The standard InChI is InChI=1S/C26H28FN3O3/c1-18-8-3-4-9-19(18)13-14-23-21(25(31)32-2)16-28-26(29-23)30-15-7-10-20(30)17-33-24-12-6-5-11-22(24)27/h3-6,8-9,11-12,16,20H,7,10,13-15,17H2,1-2H3/t20-/m0/s1. The molecule has 1 fully saturated rings. The first-order chi connectivity index (χ1) is 16.1. The number of ether oxygens (including phenoxy) is 2. The van der Waals surface area contributed by atoms with Gasteiger partial charge < -0.3 is 14.4 Å². The Bertz CT molecular complexity index is 1120. The Morgan fingerprint density at radius 3 is 2.73 bits per heavy atom. The number of aromatic nitrogens is 2. The summed E-state index contributed by atoms with van der Waals surface area (Å²) in [6.45, 7) is 3.19. The lowest BCUT2D eigenvalue weighted by Gasteiger charge is -2.25. The number of nitrogens with zero attached hydrogens (tertiary/aromatic N) is 3. The maximum atomic E-state index is 13.9. The molecule has 0 unspecified atom stereocenters. The molecule has 1 aliphatic rings. The summed E-state index contributed by atoms with van der Waals surface area (Å²) in [7, 11) is 1.36. The molecule has 172 valence electrons. The number of halogens is 1. The van der Waals surface area contributed by atoms with Gasteiger partial charge in [-0.15, -0.1) is 0 Å². The van der Waals surface area contributed by atoms with Gasteiger partial charge in [-0.25, -0.2) is 19.2 Å². The molecule has 6 nitrogen and oxygen atoms in total. The highest BCUT2D eigenvalue weighted by Gasteiger charge is 2.29. The molecule has 2 heterocycles. The zero-order valence-electron chi connectivity index (χ0n) is 19.0. The summed E-state index contributed by atoms with van der Waals surface area (Å²) in [4.78, 5) is 23.7. The minimum Gasteiger partial charge on any atom is -0.488 e. The van der Waals surface area contributed by atoms with Crippen LogP contribution in [0.1, 0.15) is 40.0 Å². The zero-order valence-corrected chi connectivity index (χ0v) is 19.0. The number of carbonyl (C=O) groups is 1. The summed E-state index contributed by atoms with van der Waals surface area (Å²) in [6, 6.07) is 14.6. The van der Waals surface area contributed by atoms with Gasteiger partial charge in [0.05, 0.1) is 24.4 Å². The topological polar surface area (TPSA) is 64.5 Å². The van der Waals surface area contributed by atoms with Crippen molar-refractivity contribution < 1.29 is 18.7 Å². The van der Waals surface area contributed by atoms with E-state index in [0.717, 1.165) is 25.8 Å². The Balaban J connectivity index is 1.53. The molecule has 1 aromatic heterocycles. The molecule has 0 radical (unpaired) electrons. The zero-order chi connectivity index (χ0) is 23.2. The van der Waals surface area contributed by atoms with Gasteiger partial charge in [-0.1, -0.05) is 36.4 Å². The summed E-state index contributed by atoms with van der Waals surface area (Å²) in [5.74, 6) is -0.0197. The number of esters is 1. The monoisotopic (exact) mass is 449 g/mol. The molecule has 0 spiro atoms. The fourth-order valence-electron chi connectivity index (χ4n) is 4.18. The molecule has 2 aromatic carbocycles. The molecule has 0 saturated carbocycles. The molecular weight excluding hydrogens is 421 g/mol. The van der Waals surface area contributed by atoms with Gasteiger partial charge in [-0.05, 0) is 55.9 Å². The minimum absolute atomic E-state index is 0.0257. The van der Waals surface area contributed by atoms with Gasteiger partial charge in [0.25, 0.3) is 0 Å². The van der Waals surface area contributed by atoms with E-state index in [1.165, 1.54) is 24.3 Å². The number of aryl methyl sites for hydroxylation is 3. The van der Waals surface area contributed by atoms with E-state index in [1.807, 2.05) is 12.1 Å². The maximum Gasteiger partial charge on any atom is 0.341 e. The summed E-state index contributed by atoms with van der Waals surface area (Å²) in [5.41, 5.74) is 3.46. The van der Waals surface area contributed by atoms with Gasteiger partial charge in [-0.2, -0.15) is 0 Å². The molecule has 0 bridgehead atoms. The van der Waals surface area contributed by atoms with Crippen molar-refractivity contribution >= 4 is 11.9 Å². The van der Waals surface area contributed by atoms with E-state index >= 15 is 0 Å². The summed E-state index contributed by atoms with van der Waals surface area (Å²) >= 11 is 0. The van der Waals surface area contributed by atoms with E-state index in [0.29, 0.717) is 30.2 Å². The highest BCUT2D eigenvalue weighted by molar-refractivity contribution is 5.90. The van der Waals surface area contributed by atoms with Crippen LogP contribution < -0.4 is 9.64 Å². The van der Waals surface area contributed by atoms with E-state index in [-0.39, 0.29) is 17.6 Å². The average molecular weight is 450 g/mol. The lowest BCUT2D eigenvalue weighted by Crippen LogP contribution is -2.36. The highest BCUT2D eigenvalue weighted by atomic mass is 19.1. The number of anilines is 1. The number of carbonyl (C=O) groups excluding carboxylic acids is 1. The Kier molecular flexibility index (Phi) is 7.17. The second-order valence-electron chi connectivity index (χ2n) is 8.18. The van der Waals surface area contributed by atoms with Gasteiger partial charge in [0.1, 0.15) is 6.61 Å². The summed E-state index contributed by atoms with van der Waals surface area (Å²) in [5, 5.41) is 0. The maximum absolute atomic E-state index is 13.9. The fraction of sp³-hybridized carbons (Fsp3) is 0.346. The number of para-hydroxylation sites is 1. The lowest BCUT2D eigenvalue weighted by molar-refractivity contribution is 0.0598. The van der Waals surface area contributed by atoms with Crippen molar-refractivity contribution in [3.63, 3.8) is 0 Å². The van der Waals surface area contributed by atoms with E-state index in [2.05, 4.69) is 28.9 Å². The smallest absolute Gasteiger partial charge is 0.341 e.